The molecule has 1 atom stereocenters. The highest BCUT2D eigenvalue weighted by Gasteiger charge is 2.32. The number of sulfonamides is 1. The van der Waals surface area contributed by atoms with Gasteiger partial charge in [-0.25, -0.2) is 8.42 Å². The molecule has 0 bridgehead atoms. The van der Waals surface area contributed by atoms with Crippen LogP contribution in [0.2, 0.25) is 20.1 Å². The second kappa shape index (κ2) is 13.7. The fraction of sp³-hybridized carbons (Fsp3) is 0.417. The number of nitrogens with zero attached hydrogens (tertiary/aromatic N) is 2. The average Bonchev–Trinajstić information content (AvgIpc) is 2.80. The van der Waals surface area contributed by atoms with Crippen LogP contribution in [0.1, 0.15) is 38.7 Å². The molecule has 0 aromatic heterocycles. The van der Waals surface area contributed by atoms with Crippen LogP contribution >= 0.6 is 46.4 Å². The van der Waals surface area contributed by atoms with Crippen LogP contribution in [0, 0.1) is 0 Å². The van der Waals surface area contributed by atoms with E-state index in [4.69, 9.17) is 46.4 Å². The summed E-state index contributed by atoms with van der Waals surface area (Å²) in [4.78, 5) is 28.0. The maximum atomic E-state index is 13.6. The highest BCUT2D eigenvalue weighted by Crippen LogP contribution is 2.29. The summed E-state index contributed by atoms with van der Waals surface area (Å²) >= 11 is 24.3. The van der Waals surface area contributed by atoms with Gasteiger partial charge in [-0.2, -0.15) is 0 Å². The minimum Gasteiger partial charge on any atom is -0.354 e. The lowest BCUT2D eigenvalue weighted by Gasteiger charge is -2.33. The zero-order valence-corrected chi connectivity index (χ0v) is 24.1. The molecule has 0 saturated carbocycles. The molecule has 198 valence electrons. The summed E-state index contributed by atoms with van der Waals surface area (Å²) in [5.74, 6) is -0.894. The van der Waals surface area contributed by atoms with Crippen molar-refractivity contribution in [3.05, 3.63) is 62.1 Å². The van der Waals surface area contributed by atoms with Crippen molar-refractivity contribution in [2.24, 2.45) is 0 Å². The number of amides is 2. The average molecular weight is 597 g/mol. The third kappa shape index (κ3) is 8.42. The molecule has 0 fully saturated rings. The van der Waals surface area contributed by atoms with E-state index < -0.39 is 28.5 Å². The van der Waals surface area contributed by atoms with E-state index in [2.05, 4.69) is 5.32 Å². The minimum atomic E-state index is -3.89. The van der Waals surface area contributed by atoms with Gasteiger partial charge in [-0.15, -0.1) is 0 Å². The Kier molecular flexibility index (Phi) is 11.6. The van der Waals surface area contributed by atoms with Gasteiger partial charge in [0.05, 0.1) is 32.0 Å². The molecule has 7 nitrogen and oxygen atoms in total. The van der Waals surface area contributed by atoms with Crippen LogP contribution in [0.3, 0.4) is 0 Å². The van der Waals surface area contributed by atoms with Gasteiger partial charge in [0.25, 0.3) is 0 Å². The smallest absolute Gasteiger partial charge is 0.244 e. The third-order valence-electron chi connectivity index (χ3n) is 5.42. The fourth-order valence-electron chi connectivity index (χ4n) is 3.51. The van der Waals surface area contributed by atoms with Crippen LogP contribution in [-0.4, -0.2) is 50.5 Å². The van der Waals surface area contributed by atoms with Gasteiger partial charge in [0.15, 0.2) is 0 Å². The molecule has 2 rings (SSSR count). The molecule has 2 aromatic rings. The van der Waals surface area contributed by atoms with Crippen LogP contribution in [0.5, 0.6) is 0 Å². The molecule has 12 heteroatoms. The summed E-state index contributed by atoms with van der Waals surface area (Å²) in [5, 5.41) is 3.90. The van der Waals surface area contributed by atoms with Gasteiger partial charge in [0.1, 0.15) is 12.6 Å². The molecule has 2 aromatic carbocycles. The normalized spacial score (nSPS) is 12.2. The van der Waals surface area contributed by atoms with Gasteiger partial charge in [-0.1, -0.05) is 72.7 Å². The van der Waals surface area contributed by atoms with Crippen LogP contribution < -0.4 is 9.62 Å². The zero-order chi connectivity index (χ0) is 27.0. The van der Waals surface area contributed by atoms with Crippen molar-refractivity contribution in [3.8, 4) is 0 Å². The molecule has 0 heterocycles. The van der Waals surface area contributed by atoms with Gasteiger partial charge >= 0.3 is 0 Å². The maximum Gasteiger partial charge on any atom is 0.244 e. The molecule has 0 spiro atoms. The number of benzene rings is 2. The Hall–Kier alpha value is -1.71. The molecule has 0 aliphatic rings. The second-order valence-corrected chi connectivity index (χ2v) is 11.7. The molecule has 1 N–H and O–H groups in total. The van der Waals surface area contributed by atoms with E-state index in [0.717, 1.165) is 23.4 Å². The Morgan fingerprint density at radius 3 is 2.08 bits per heavy atom. The lowest BCUT2D eigenvalue weighted by Crippen LogP contribution is -2.52. The number of nitrogens with one attached hydrogen (secondary N) is 1. The third-order valence-corrected chi connectivity index (χ3v) is 8.04. The van der Waals surface area contributed by atoms with Gasteiger partial charge in [0.2, 0.25) is 21.8 Å². The summed E-state index contributed by atoms with van der Waals surface area (Å²) in [5.41, 5.74) is 0.813. The number of carbonyl (C=O) groups excluding carboxylic acids is 2. The number of halogens is 4. The molecule has 0 aliphatic carbocycles. The van der Waals surface area contributed by atoms with Gasteiger partial charge in [-0.3, -0.25) is 13.9 Å². The SMILES string of the molecule is CCCCNC(=O)[C@@H](CC)N(Cc1ccc(Cl)c(Cl)c1)C(=O)CN(c1ccc(Cl)c(Cl)c1)S(C)(=O)=O. The van der Waals surface area contributed by atoms with Crippen molar-refractivity contribution in [3.63, 3.8) is 0 Å². The van der Waals surface area contributed by atoms with Crippen molar-refractivity contribution in [1.82, 2.24) is 10.2 Å². The minimum absolute atomic E-state index is 0.0222. The molecule has 0 aliphatic heterocycles. The topological polar surface area (TPSA) is 86.8 Å². The predicted molar refractivity (Wildman–Crippen MR) is 148 cm³/mol. The Morgan fingerprint density at radius 2 is 1.56 bits per heavy atom. The molecule has 36 heavy (non-hydrogen) atoms. The summed E-state index contributed by atoms with van der Waals surface area (Å²) < 4.78 is 26.2. The quantitative estimate of drug-likeness (QED) is 0.314. The number of hydrogen-bond donors (Lipinski definition) is 1. The van der Waals surface area contributed by atoms with Crippen molar-refractivity contribution < 1.29 is 18.0 Å². The monoisotopic (exact) mass is 595 g/mol. The number of hydrogen-bond acceptors (Lipinski definition) is 4. The van der Waals surface area contributed by atoms with E-state index in [0.29, 0.717) is 28.6 Å². The van der Waals surface area contributed by atoms with Crippen molar-refractivity contribution >= 4 is 73.9 Å². The van der Waals surface area contributed by atoms with Crippen LogP contribution in [0.25, 0.3) is 0 Å². The van der Waals surface area contributed by atoms with E-state index >= 15 is 0 Å². The second-order valence-electron chi connectivity index (χ2n) is 8.21. The molecular formula is C24H29Cl4N3O4S. The van der Waals surface area contributed by atoms with Gasteiger partial charge in [0, 0.05) is 13.1 Å². The molecule has 0 unspecified atom stereocenters. The van der Waals surface area contributed by atoms with E-state index in [1.54, 1.807) is 25.1 Å². The highest BCUT2D eigenvalue weighted by molar-refractivity contribution is 7.92. The molecule has 2 amide bonds. The lowest BCUT2D eigenvalue weighted by atomic mass is 10.1. The first kappa shape index (κ1) is 30.5. The Morgan fingerprint density at radius 1 is 0.944 bits per heavy atom. The van der Waals surface area contributed by atoms with E-state index in [-0.39, 0.29) is 28.2 Å². The van der Waals surface area contributed by atoms with Gasteiger partial charge < -0.3 is 10.2 Å². The number of anilines is 1. The number of carbonyl (C=O) groups is 2. The fourth-order valence-corrected chi connectivity index (χ4v) is 4.97. The van der Waals surface area contributed by atoms with Crippen molar-refractivity contribution in [2.75, 3.05) is 23.7 Å². The van der Waals surface area contributed by atoms with Crippen molar-refractivity contribution in [1.29, 1.82) is 0 Å². The zero-order valence-electron chi connectivity index (χ0n) is 20.2. The van der Waals surface area contributed by atoms with Crippen LogP contribution in [-0.2, 0) is 26.2 Å². The first-order valence-electron chi connectivity index (χ1n) is 11.3. The number of unbranched alkanes of at least 4 members (excludes halogenated alkanes) is 1. The molecular weight excluding hydrogens is 568 g/mol. The molecule has 0 saturated heterocycles. The Balaban J connectivity index is 2.45. The van der Waals surface area contributed by atoms with E-state index in [9.17, 15) is 18.0 Å². The largest absolute Gasteiger partial charge is 0.354 e. The summed E-state index contributed by atoms with van der Waals surface area (Å²) in [6.07, 6.45) is 3.00. The van der Waals surface area contributed by atoms with E-state index in [1.807, 2.05) is 6.92 Å². The first-order valence-corrected chi connectivity index (χ1v) is 14.7. The Labute approximate surface area is 232 Å². The predicted octanol–water partition coefficient (Wildman–Crippen LogP) is 5.79. The standard InChI is InChI=1S/C24H29Cl4N3O4S/c1-4-6-11-29-24(33)22(5-2)30(14-16-7-9-18(25)20(27)12-16)23(32)15-31(36(3,34)35)17-8-10-19(26)21(28)13-17/h7-10,12-13,22H,4-6,11,14-15H2,1-3H3,(H,29,33)/t22-/m1/s1. The van der Waals surface area contributed by atoms with Crippen LogP contribution in [0.15, 0.2) is 36.4 Å². The number of rotatable bonds is 12. The van der Waals surface area contributed by atoms with Crippen LogP contribution in [0.4, 0.5) is 5.69 Å². The Bertz CT molecular complexity index is 1190. The van der Waals surface area contributed by atoms with Crippen molar-refractivity contribution in [2.45, 2.75) is 45.7 Å². The van der Waals surface area contributed by atoms with Gasteiger partial charge in [-0.05, 0) is 48.7 Å². The highest BCUT2D eigenvalue weighted by atomic mass is 35.5. The summed E-state index contributed by atoms with van der Waals surface area (Å²) in [7, 11) is -3.89. The maximum absolute atomic E-state index is 13.6. The molecule has 0 radical (unpaired) electrons. The first-order chi connectivity index (χ1) is 16.9. The van der Waals surface area contributed by atoms with E-state index in [1.165, 1.54) is 23.1 Å². The summed E-state index contributed by atoms with van der Waals surface area (Å²) in [6, 6.07) is 8.35. The summed E-state index contributed by atoms with van der Waals surface area (Å²) in [6.45, 7) is 3.74. The lowest BCUT2D eigenvalue weighted by molar-refractivity contribution is -0.140.